The van der Waals surface area contributed by atoms with Crippen molar-refractivity contribution in [1.29, 1.82) is 0 Å². The zero-order valence-corrected chi connectivity index (χ0v) is 35.7. The van der Waals surface area contributed by atoms with Gasteiger partial charge < -0.3 is 203 Å². The molecule has 0 spiro atoms. The van der Waals surface area contributed by atoms with Gasteiger partial charge in [-0.3, -0.25) is 4.98 Å². The van der Waals surface area contributed by atoms with Gasteiger partial charge in [0.25, 0.3) is 0 Å². The Morgan fingerprint density at radius 2 is 0.319 bits per heavy atom. The Morgan fingerprint density at radius 3 is 0.340 bits per heavy atom. The SMILES string of the molecule is [Mo+6].[Mo+6].[Mo+6].[Mo+6].[Mo+6].[O-]P([O-])[O-].[O-]P([O-])[O-].[O-]P([O-])[O-].[O-]P([O-])[O-].[O-]P([O-])[O-].[O-]P([O-])[O-].[O-][O-].[O-][O-].[O-][O-].[O-][O-].[O-][O-].[O-][O-].c1ccncc1. The molecule has 0 aromatic carbocycles. The zero-order chi connectivity index (χ0) is 37.7. The Morgan fingerprint density at radius 1 is 0.234 bits per heavy atom. The molecule has 270 valence electrons. The summed E-state index contributed by atoms with van der Waals surface area (Å²) in [4.78, 5) is 156. The van der Waals surface area contributed by atoms with E-state index in [0.717, 1.165) is 0 Å². The summed E-state index contributed by atoms with van der Waals surface area (Å²) in [6.07, 6.45) is 3.50. The van der Waals surface area contributed by atoms with Crippen molar-refractivity contribution in [2.75, 3.05) is 0 Å². The Bertz CT molecular complexity index is 289. The smallest absolute Gasteiger partial charge is 1.00 e. The first-order valence-electron chi connectivity index (χ1n) is 6.14. The first-order valence-corrected chi connectivity index (χ1v) is 12.7. The van der Waals surface area contributed by atoms with Gasteiger partial charge in [0.05, 0.1) is 0 Å². The average molecular weight is 1220 g/mol. The molecule has 0 fully saturated rings. The minimum absolute atomic E-state index is 0. The maximum Gasteiger partial charge on any atom is 6.00 e. The molecule has 0 aliphatic rings. The van der Waals surface area contributed by atoms with Gasteiger partial charge >= 0.3 is 105 Å². The molecule has 1 heterocycles. The van der Waals surface area contributed by atoms with E-state index in [4.69, 9.17) is 151 Å². The van der Waals surface area contributed by atoms with Crippen LogP contribution in [0.1, 0.15) is 0 Å². The molecule has 1 aromatic rings. The van der Waals surface area contributed by atoms with Gasteiger partial charge in [0.15, 0.2) is 0 Å². The van der Waals surface area contributed by atoms with Gasteiger partial charge in [-0.15, -0.1) is 0 Å². The molecule has 0 N–H and O–H groups in total. The number of hydrogen-bond donors (Lipinski definition) is 0. The average Bonchev–Trinajstić information content (AvgIpc) is 2.90. The Labute approximate surface area is 341 Å². The number of rotatable bonds is 0. The van der Waals surface area contributed by atoms with Crippen LogP contribution in [0.4, 0.5) is 0 Å². The van der Waals surface area contributed by atoms with Crippen LogP contribution in [0, 0.1) is 0 Å². The minimum Gasteiger partial charge on any atom is -1.00 e. The first kappa shape index (κ1) is 110. The van der Waals surface area contributed by atoms with Crippen LogP contribution in [0.15, 0.2) is 30.6 Å². The van der Waals surface area contributed by atoms with E-state index in [2.05, 4.69) is 4.98 Å². The quantitative estimate of drug-likeness (QED) is 0.101. The van der Waals surface area contributed by atoms with Crippen LogP contribution in [-0.2, 0) is 105 Å². The second kappa shape index (κ2) is 153. The summed E-state index contributed by atoms with van der Waals surface area (Å²) in [5.41, 5.74) is 0. The van der Waals surface area contributed by atoms with Crippen molar-refractivity contribution in [3.05, 3.63) is 30.6 Å². The molecule has 1 aromatic heterocycles. The van der Waals surface area contributed by atoms with Crippen LogP contribution in [0.3, 0.4) is 0 Å². The van der Waals surface area contributed by atoms with Gasteiger partial charge in [0.1, 0.15) is 0 Å². The molecule has 0 atom stereocenters. The summed E-state index contributed by atoms with van der Waals surface area (Å²) in [6, 6.07) is 5.72. The number of nitrogens with zero attached hydrogens (tertiary/aromatic N) is 1. The van der Waals surface area contributed by atoms with Crippen molar-refractivity contribution in [3.63, 3.8) is 0 Å². The molecule has 31 nitrogen and oxygen atoms in total. The molecule has 1 rings (SSSR count). The normalized spacial score (nSPS) is 6.38. The Hall–Kier alpha value is 3.97. The molecule has 0 aliphatic carbocycles. The topological polar surface area (TPSA) is 705 Å². The summed E-state index contributed by atoms with van der Waals surface area (Å²) in [5, 5.41) is 84.0. The third-order valence-electron chi connectivity index (χ3n) is 0.566. The van der Waals surface area contributed by atoms with E-state index < -0.39 is 51.6 Å². The van der Waals surface area contributed by atoms with E-state index >= 15 is 0 Å². The fraction of sp³-hybridized carbons (Fsp3) is 0. The Balaban J connectivity index is -0.0000000140. The fourth-order valence-electron chi connectivity index (χ4n) is 0.313. The number of hydrogen-bond acceptors (Lipinski definition) is 31. The maximum atomic E-state index is 8.48. The predicted molar refractivity (Wildman–Crippen MR) is 65.8 cm³/mol. The standard InChI is InChI=1S/C5H5N.5Mo.6O3P.6O2/c1-2-4-6-5-3-1;;;;;;6*1-4(2)3;6*1-2/h1-5H;;;;;;;;;;;;;;;;;/q;5*+6;6*-3;6*-2. The van der Waals surface area contributed by atoms with Gasteiger partial charge in [-0.05, 0) is 12.1 Å². The van der Waals surface area contributed by atoms with Crippen LogP contribution in [0.5, 0.6) is 0 Å². The summed E-state index contributed by atoms with van der Waals surface area (Å²) < 4.78 is 0. The third-order valence-corrected chi connectivity index (χ3v) is 0.566. The molecule has 0 bridgehead atoms. The largest absolute Gasteiger partial charge is 6.00 e. The van der Waals surface area contributed by atoms with Crippen LogP contribution in [-0.4, -0.2) is 4.98 Å². The van der Waals surface area contributed by atoms with Crippen molar-refractivity contribution in [2.24, 2.45) is 0 Å². The van der Waals surface area contributed by atoms with Crippen LogP contribution >= 0.6 is 51.6 Å². The maximum absolute atomic E-state index is 8.48. The van der Waals surface area contributed by atoms with E-state index in [9.17, 15) is 0 Å². The van der Waals surface area contributed by atoms with Gasteiger partial charge in [-0.1, -0.05) is 6.07 Å². The molecule has 0 saturated carbocycles. The van der Waals surface area contributed by atoms with Crippen molar-refractivity contribution in [3.8, 4) is 0 Å². The van der Waals surface area contributed by atoms with Crippen LogP contribution < -0.4 is 151 Å². The first-order chi connectivity index (χ1) is 19.4. The second-order valence-corrected chi connectivity index (χ2v) is 5.05. The van der Waals surface area contributed by atoms with Gasteiger partial charge in [-0.2, -0.15) is 0 Å². The van der Waals surface area contributed by atoms with Gasteiger partial charge in [-0.25, -0.2) is 0 Å². The van der Waals surface area contributed by atoms with E-state index in [1.807, 2.05) is 18.2 Å². The molecule has 0 unspecified atom stereocenters. The van der Waals surface area contributed by atoms with E-state index in [1.165, 1.54) is 0 Å². The molecular formula is C5H5Mo5NO30P6. The zero-order valence-electron chi connectivity index (χ0n) is 20.3. The number of aromatic nitrogens is 1. The van der Waals surface area contributed by atoms with E-state index in [-0.39, 0.29) is 105 Å². The predicted octanol–water partition coefficient (Wildman–Crippen LogP) is -29.4. The monoisotopic (exact) mass is 1230 g/mol. The molecule has 0 saturated heterocycles. The van der Waals surface area contributed by atoms with Crippen molar-refractivity contribution in [1.82, 2.24) is 4.98 Å². The Kier molecular flexibility index (Phi) is 359. The van der Waals surface area contributed by atoms with Crippen molar-refractivity contribution in [2.45, 2.75) is 0 Å². The third kappa shape index (κ3) is 1160. The van der Waals surface area contributed by atoms with Crippen molar-refractivity contribution >= 4 is 51.6 Å². The van der Waals surface area contributed by atoms with E-state index in [1.54, 1.807) is 12.4 Å². The fourth-order valence-corrected chi connectivity index (χ4v) is 0.313. The summed E-state index contributed by atoms with van der Waals surface area (Å²) in [6.45, 7) is 0. The molecule has 0 amide bonds. The molecule has 0 aliphatic heterocycles. The van der Waals surface area contributed by atoms with Gasteiger partial charge in [0, 0.05) is 12.4 Å². The van der Waals surface area contributed by atoms with Crippen LogP contribution in [0.25, 0.3) is 0 Å². The minimum atomic E-state index is -3.37. The van der Waals surface area contributed by atoms with Crippen molar-refractivity contribution < 1.29 is 256 Å². The summed E-state index contributed by atoms with van der Waals surface area (Å²) >= 11 is 0. The van der Waals surface area contributed by atoms with E-state index in [0.29, 0.717) is 0 Å². The molecule has 42 heteroatoms. The molecule has 47 heavy (non-hydrogen) atoms. The molecule has 0 radical (unpaired) electrons. The summed E-state index contributed by atoms with van der Waals surface area (Å²) in [5.74, 6) is 0. The number of pyridine rings is 1. The molecular weight excluding hydrogens is 1220 g/mol. The van der Waals surface area contributed by atoms with Crippen LogP contribution in [0.2, 0.25) is 0 Å². The summed E-state index contributed by atoms with van der Waals surface area (Å²) in [7, 11) is -20.2. The van der Waals surface area contributed by atoms with Gasteiger partial charge in [0.2, 0.25) is 0 Å². The second-order valence-electron chi connectivity index (χ2n) is 2.37.